The summed E-state index contributed by atoms with van der Waals surface area (Å²) in [4.78, 5) is 13.0. The van der Waals surface area contributed by atoms with Crippen LogP contribution in [-0.2, 0) is 0 Å². The second kappa shape index (κ2) is 7.21. The molecule has 0 atom stereocenters. The standard InChI is InChI=1S/C18H19BrN4.ClH/c1-11-21-16(13-7-9-20-10-8-13)18-17(22-11)14(19)15(23-18)12-5-3-2-4-6-12;/h2-6,13,20,23H,7-10H2,1H3;1H. The lowest BCUT2D eigenvalue weighted by Gasteiger charge is -2.22. The molecule has 6 heteroatoms. The summed E-state index contributed by atoms with van der Waals surface area (Å²) in [6.45, 7) is 4.09. The predicted octanol–water partition coefficient (Wildman–Crippen LogP) is 4.58. The van der Waals surface area contributed by atoms with E-state index in [0.29, 0.717) is 5.92 Å². The highest BCUT2D eigenvalue weighted by Gasteiger charge is 2.23. The number of halogens is 2. The van der Waals surface area contributed by atoms with Crippen molar-refractivity contribution in [3.63, 3.8) is 0 Å². The number of benzene rings is 1. The number of nitrogens with zero attached hydrogens (tertiary/aromatic N) is 2. The molecule has 2 aromatic heterocycles. The van der Waals surface area contributed by atoms with Gasteiger partial charge in [-0.05, 0) is 54.3 Å². The smallest absolute Gasteiger partial charge is 0.126 e. The first-order chi connectivity index (χ1) is 11.2. The highest BCUT2D eigenvalue weighted by atomic mass is 79.9. The van der Waals surface area contributed by atoms with Gasteiger partial charge < -0.3 is 10.3 Å². The van der Waals surface area contributed by atoms with Crippen molar-refractivity contribution < 1.29 is 0 Å². The van der Waals surface area contributed by atoms with Crippen LogP contribution < -0.4 is 5.32 Å². The Hall–Kier alpha value is -1.43. The third kappa shape index (κ3) is 3.08. The van der Waals surface area contributed by atoms with E-state index in [1.807, 2.05) is 13.0 Å². The monoisotopic (exact) mass is 406 g/mol. The summed E-state index contributed by atoms with van der Waals surface area (Å²) in [5.41, 5.74) is 5.47. The van der Waals surface area contributed by atoms with Gasteiger partial charge in [0.1, 0.15) is 11.3 Å². The summed E-state index contributed by atoms with van der Waals surface area (Å²) in [5.74, 6) is 1.33. The zero-order valence-electron chi connectivity index (χ0n) is 13.5. The van der Waals surface area contributed by atoms with Gasteiger partial charge in [-0.2, -0.15) is 0 Å². The van der Waals surface area contributed by atoms with E-state index < -0.39 is 0 Å². The molecule has 126 valence electrons. The number of aryl methyl sites for hydroxylation is 1. The number of fused-ring (bicyclic) bond motifs is 1. The van der Waals surface area contributed by atoms with Crippen molar-refractivity contribution in [3.8, 4) is 11.3 Å². The first kappa shape index (κ1) is 17.4. The number of aromatic amines is 1. The van der Waals surface area contributed by atoms with Gasteiger partial charge in [-0.15, -0.1) is 12.4 Å². The number of nitrogens with one attached hydrogen (secondary N) is 2. The predicted molar refractivity (Wildman–Crippen MR) is 104 cm³/mol. The second-order valence-corrected chi connectivity index (χ2v) is 6.88. The molecular weight excluding hydrogens is 388 g/mol. The molecule has 2 N–H and O–H groups in total. The minimum absolute atomic E-state index is 0. The fourth-order valence-electron chi connectivity index (χ4n) is 3.37. The van der Waals surface area contributed by atoms with E-state index in [-0.39, 0.29) is 12.4 Å². The number of piperidine rings is 1. The van der Waals surface area contributed by atoms with Crippen molar-refractivity contribution in [2.24, 2.45) is 0 Å². The van der Waals surface area contributed by atoms with Crippen molar-refractivity contribution in [2.45, 2.75) is 25.7 Å². The van der Waals surface area contributed by atoms with E-state index in [0.717, 1.165) is 64.2 Å². The van der Waals surface area contributed by atoms with Crippen LogP contribution >= 0.6 is 28.3 Å². The van der Waals surface area contributed by atoms with Crippen LogP contribution in [0.2, 0.25) is 0 Å². The van der Waals surface area contributed by atoms with Crippen LogP contribution in [0, 0.1) is 6.92 Å². The normalized spacial score (nSPS) is 15.4. The third-order valence-corrected chi connectivity index (χ3v) is 5.29. The first-order valence-corrected chi connectivity index (χ1v) is 8.85. The van der Waals surface area contributed by atoms with Gasteiger partial charge >= 0.3 is 0 Å². The first-order valence-electron chi connectivity index (χ1n) is 8.06. The summed E-state index contributed by atoms with van der Waals surface area (Å²) >= 11 is 3.75. The van der Waals surface area contributed by atoms with Crippen LogP contribution in [0.3, 0.4) is 0 Å². The molecular formula is C18H20BrClN4. The maximum absolute atomic E-state index is 4.78. The van der Waals surface area contributed by atoms with Gasteiger partial charge in [0, 0.05) is 5.92 Å². The minimum atomic E-state index is 0. The number of rotatable bonds is 2. The van der Waals surface area contributed by atoms with Crippen LogP contribution in [0.5, 0.6) is 0 Å². The van der Waals surface area contributed by atoms with E-state index in [1.54, 1.807) is 0 Å². The molecule has 0 radical (unpaired) electrons. The number of H-pyrrole nitrogens is 1. The molecule has 3 heterocycles. The van der Waals surface area contributed by atoms with E-state index >= 15 is 0 Å². The number of hydrogen-bond donors (Lipinski definition) is 2. The molecule has 0 spiro atoms. The van der Waals surface area contributed by atoms with E-state index in [1.165, 1.54) is 0 Å². The lowest BCUT2D eigenvalue weighted by molar-refractivity contribution is 0.454. The molecule has 0 saturated carbocycles. The van der Waals surface area contributed by atoms with Crippen molar-refractivity contribution >= 4 is 39.4 Å². The summed E-state index contributed by atoms with van der Waals surface area (Å²) < 4.78 is 1.03. The van der Waals surface area contributed by atoms with Crippen molar-refractivity contribution in [1.82, 2.24) is 20.3 Å². The lowest BCUT2D eigenvalue weighted by atomic mass is 9.93. The molecule has 1 aromatic carbocycles. The summed E-state index contributed by atoms with van der Waals surface area (Å²) in [5, 5.41) is 3.43. The molecule has 0 amide bonds. The molecule has 1 aliphatic rings. The Kier molecular flexibility index (Phi) is 5.23. The van der Waals surface area contributed by atoms with Crippen molar-refractivity contribution in [1.29, 1.82) is 0 Å². The van der Waals surface area contributed by atoms with Gasteiger partial charge in [-0.3, -0.25) is 0 Å². The van der Waals surface area contributed by atoms with Gasteiger partial charge in [0.2, 0.25) is 0 Å². The summed E-state index contributed by atoms with van der Waals surface area (Å²) in [7, 11) is 0. The summed E-state index contributed by atoms with van der Waals surface area (Å²) in [6.07, 6.45) is 2.26. The average Bonchev–Trinajstić information content (AvgIpc) is 2.93. The van der Waals surface area contributed by atoms with E-state index in [9.17, 15) is 0 Å². The second-order valence-electron chi connectivity index (χ2n) is 6.08. The molecule has 1 fully saturated rings. The molecule has 0 unspecified atom stereocenters. The molecule has 4 nitrogen and oxygen atoms in total. The molecule has 24 heavy (non-hydrogen) atoms. The molecule has 1 aliphatic heterocycles. The Morgan fingerprint density at radius 3 is 2.50 bits per heavy atom. The average molecular weight is 408 g/mol. The lowest BCUT2D eigenvalue weighted by Crippen LogP contribution is -2.27. The maximum atomic E-state index is 4.78. The SMILES string of the molecule is Cc1nc(C2CCNCC2)c2[nH]c(-c3ccccc3)c(Br)c2n1.Cl. The Morgan fingerprint density at radius 2 is 1.79 bits per heavy atom. The van der Waals surface area contributed by atoms with Crippen LogP contribution in [0.4, 0.5) is 0 Å². The molecule has 0 aliphatic carbocycles. The van der Waals surface area contributed by atoms with Gasteiger partial charge in [0.05, 0.1) is 21.4 Å². The molecule has 4 rings (SSSR count). The zero-order chi connectivity index (χ0) is 15.8. The van der Waals surface area contributed by atoms with Gasteiger partial charge in [-0.25, -0.2) is 9.97 Å². The largest absolute Gasteiger partial charge is 0.351 e. The summed E-state index contributed by atoms with van der Waals surface area (Å²) in [6, 6.07) is 10.4. The number of hydrogen-bond acceptors (Lipinski definition) is 3. The Balaban J connectivity index is 0.00000169. The van der Waals surface area contributed by atoms with Crippen LogP contribution in [-0.4, -0.2) is 28.0 Å². The molecule has 1 saturated heterocycles. The highest BCUT2D eigenvalue weighted by Crippen LogP contribution is 2.37. The quantitative estimate of drug-likeness (QED) is 0.653. The Labute approximate surface area is 156 Å². The third-order valence-electron chi connectivity index (χ3n) is 4.51. The number of aromatic nitrogens is 3. The van der Waals surface area contributed by atoms with Gasteiger partial charge in [-0.1, -0.05) is 30.3 Å². The molecule has 3 aromatic rings. The Bertz CT molecular complexity index is 841. The van der Waals surface area contributed by atoms with Crippen LogP contribution in [0.1, 0.15) is 30.3 Å². The Morgan fingerprint density at radius 1 is 1.08 bits per heavy atom. The fourth-order valence-corrected chi connectivity index (χ4v) is 3.98. The van der Waals surface area contributed by atoms with Crippen LogP contribution in [0.15, 0.2) is 34.8 Å². The minimum Gasteiger partial charge on any atom is -0.351 e. The zero-order valence-corrected chi connectivity index (χ0v) is 15.9. The van der Waals surface area contributed by atoms with Crippen LogP contribution in [0.25, 0.3) is 22.3 Å². The topological polar surface area (TPSA) is 53.6 Å². The molecule has 0 bridgehead atoms. The van der Waals surface area contributed by atoms with Crippen molar-refractivity contribution in [3.05, 3.63) is 46.3 Å². The van der Waals surface area contributed by atoms with E-state index in [2.05, 4.69) is 55.5 Å². The fraction of sp³-hybridized carbons (Fsp3) is 0.333. The van der Waals surface area contributed by atoms with Gasteiger partial charge in [0.15, 0.2) is 0 Å². The van der Waals surface area contributed by atoms with Gasteiger partial charge in [0.25, 0.3) is 0 Å². The highest BCUT2D eigenvalue weighted by molar-refractivity contribution is 9.10. The van der Waals surface area contributed by atoms with Crippen molar-refractivity contribution in [2.75, 3.05) is 13.1 Å². The van der Waals surface area contributed by atoms with E-state index in [4.69, 9.17) is 4.98 Å². The maximum Gasteiger partial charge on any atom is 0.126 e.